The molecule has 25 heavy (non-hydrogen) atoms. The van der Waals surface area contributed by atoms with E-state index < -0.39 is 0 Å². The van der Waals surface area contributed by atoms with Crippen molar-refractivity contribution in [3.63, 3.8) is 0 Å². The van der Waals surface area contributed by atoms with Gasteiger partial charge in [-0.3, -0.25) is 9.69 Å². The summed E-state index contributed by atoms with van der Waals surface area (Å²) < 4.78 is 7.36. The van der Waals surface area contributed by atoms with Crippen LogP contribution in [0.25, 0.3) is 10.2 Å². The average molecular weight is 359 g/mol. The molecule has 1 saturated heterocycles. The smallest absolute Gasteiger partial charge is 0.274 e. The molecule has 1 aliphatic rings. The summed E-state index contributed by atoms with van der Waals surface area (Å²) in [7, 11) is 0. The van der Waals surface area contributed by atoms with Crippen LogP contribution >= 0.6 is 11.3 Å². The van der Waals surface area contributed by atoms with E-state index in [9.17, 15) is 4.79 Å². The lowest BCUT2D eigenvalue weighted by atomic mass is 10.1. The largest absolute Gasteiger partial charge is 0.465 e. The van der Waals surface area contributed by atoms with Crippen LogP contribution in [-0.4, -0.2) is 59.5 Å². The Balaban J connectivity index is 1.61. The van der Waals surface area contributed by atoms with Gasteiger partial charge in [0, 0.05) is 39.6 Å². The van der Waals surface area contributed by atoms with Gasteiger partial charge < -0.3 is 9.64 Å². The quantitative estimate of drug-likeness (QED) is 0.713. The van der Waals surface area contributed by atoms with Crippen molar-refractivity contribution in [3.05, 3.63) is 36.9 Å². The summed E-state index contributed by atoms with van der Waals surface area (Å²) in [6.07, 6.45) is 3.86. The van der Waals surface area contributed by atoms with Gasteiger partial charge in [-0.15, -0.1) is 6.58 Å². The first kappa shape index (κ1) is 17.9. The SMILES string of the molecule is C=CCC[C@@H](CN1CCN(C(C)=O)CC1)Oc1nc2ccccc2s1. The average Bonchev–Trinajstić information content (AvgIpc) is 3.02. The van der Waals surface area contributed by atoms with Gasteiger partial charge in [-0.05, 0) is 25.0 Å². The number of fused-ring (bicyclic) bond motifs is 1. The van der Waals surface area contributed by atoms with Crippen molar-refractivity contribution in [2.24, 2.45) is 0 Å². The second-order valence-electron chi connectivity index (χ2n) is 6.36. The van der Waals surface area contributed by atoms with Gasteiger partial charge in [0.2, 0.25) is 5.91 Å². The highest BCUT2D eigenvalue weighted by Gasteiger charge is 2.22. The van der Waals surface area contributed by atoms with Crippen LogP contribution in [0, 0.1) is 0 Å². The van der Waals surface area contributed by atoms with E-state index in [0.29, 0.717) is 0 Å². The van der Waals surface area contributed by atoms with Crippen molar-refractivity contribution < 1.29 is 9.53 Å². The highest BCUT2D eigenvalue weighted by atomic mass is 32.1. The molecule has 5 nitrogen and oxygen atoms in total. The second-order valence-corrected chi connectivity index (χ2v) is 7.35. The summed E-state index contributed by atoms with van der Waals surface area (Å²) in [5, 5.41) is 0.734. The van der Waals surface area contributed by atoms with Gasteiger partial charge in [0.1, 0.15) is 6.10 Å². The minimum Gasteiger partial charge on any atom is -0.465 e. The van der Waals surface area contributed by atoms with Gasteiger partial charge >= 0.3 is 0 Å². The lowest BCUT2D eigenvalue weighted by Crippen LogP contribution is -2.50. The molecule has 6 heteroatoms. The fourth-order valence-corrected chi connectivity index (χ4v) is 3.95. The molecule has 2 aromatic rings. The minimum atomic E-state index is 0.0856. The van der Waals surface area contributed by atoms with Crippen LogP contribution < -0.4 is 4.74 Å². The molecule has 3 rings (SSSR count). The summed E-state index contributed by atoms with van der Waals surface area (Å²) in [5.74, 6) is 0.161. The van der Waals surface area contributed by atoms with Gasteiger partial charge in [0.15, 0.2) is 0 Å². The van der Waals surface area contributed by atoms with Gasteiger partial charge in [0.25, 0.3) is 5.19 Å². The Bertz CT molecular complexity index is 689. The molecule has 134 valence electrons. The maximum Gasteiger partial charge on any atom is 0.274 e. The van der Waals surface area contributed by atoms with Crippen molar-refractivity contribution in [2.75, 3.05) is 32.7 Å². The van der Waals surface area contributed by atoms with Gasteiger partial charge in [-0.25, -0.2) is 4.98 Å². The van der Waals surface area contributed by atoms with Crippen molar-refractivity contribution in [1.82, 2.24) is 14.8 Å². The number of thiazole rings is 1. The molecule has 1 aromatic carbocycles. The van der Waals surface area contributed by atoms with Gasteiger partial charge in [0.05, 0.1) is 10.2 Å². The maximum absolute atomic E-state index is 11.5. The standard InChI is InChI=1S/C19H25N3O2S/c1-3-4-7-16(14-21-10-12-22(13-11-21)15(2)23)24-19-20-17-8-5-6-9-18(17)25-19/h3,5-6,8-9,16H,1,4,7,10-14H2,2H3/t16-/m0/s1. The number of carbonyl (C=O) groups excluding carboxylic acids is 1. The maximum atomic E-state index is 11.5. The van der Waals surface area contributed by atoms with Crippen LogP contribution in [0.15, 0.2) is 36.9 Å². The van der Waals surface area contributed by atoms with Crippen molar-refractivity contribution in [2.45, 2.75) is 25.9 Å². The number of hydrogen-bond donors (Lipinski definition) is 0. The molecule has 0 unspecified atom stereocenters. The number of allylic oxidation sites excluding steroid dienone is 1. The molecule has 1 aromatic heterocycles. The number of nitrogens with zero attached hydrogens (tertiary/aromatic N) is 3. The van der Waals surface area contributed by atoms with E-state index in [2.05, 4.69) is 22.5 Å². The lowest BCUT2D eigenvalue weighted by Gasteiger charge is -2.35. The normalized spacial score (nSPS) is 16.8. The number of para-hydroxylation sites is 1. The molecule has 0 N–H and O–H groups in total. The third kappa shape index (κ3) is 4.80. The molecule has 1 amide bonds. The molecule has 0 saturated carbocycles. The molecule has 0 radical (unpaired) electrons. The number of benzene rings is 1. The Morgan fingerprint density at radius 3 is 2.80 bits per heavy atom. The zero-order valence-corrected chi connectivity index (χ0v) is 15.5. The van der Waals surface area contributed by atoms with E-state index in [4.69, 9.17) is 4.74 Å². The van der Waals surface area contributed by atoms with E-state index >= 15 is 0 Å². The number of amides is 1. The Morgan fingerprint density at radius 1 is 1.36 bits per heavy atom. The summed E-state index contributed by atoms with van der Waals surface area (Å²) in [6.45, 7) is 9.70. The number of hydrogen-bond acceptors (Lipinski definition) is 5. The number of piperazine rings is 1. The van der Waals surface area contributed by atoms with Gasteiger partial charge in [-0.2, -0.15) is 0 Å². The number of carbonyl (C=O) groups is 1. The highest BCUT2D eigenvalue weighted by Crippen LogP contribution is 2.28. The van der Waals surface area contributed by atoms with E-state index in [1.54, 1.807) is 18.3 Å². The van der Waals surface area contributed by atoms with Crippen molar-refractivity contribution in [1.29, 1.82) is 0 Å². The first-order valence-electron chi connectivity index (χ1n) is 8.76. The van der Waals surface area contributed by atoms with E-state index in [0.717, 1.165) is 61.0 Å². The second kappa shape index (κ2) is 8.45. The summed E-state index contributed by atoms with van der Waals surface area (Å²) in [6, 6.07) is 8.10. The number of rotatable bonds is 7. The fraction of sp³-hybridized carbons (Fsp3) is 0.474. The van der Waals surface area contributed by atoms with Crippen LogP contribution in [0.3, 0.4) is 0 Å². The molecule has 0 bridgehead atoms. The Hall–Kier alpha value is -1.92. The van der Waals surface area contributed by atoms with Crippen LogP contribution in [0.5, 0.6) is 5.19 Å². The zero-order valence-electron chi connectivity index (χ0n) is 14.7. The highest BCUT2D eigenvalue weighted by molar-refractivity contribution is 7.20. The monoisotopic (exact) mass is 359 g/mol. The summed E-state index contributed by atoms with van der Waals surface area (Å²) >= 11 is 1.59. The third-order valence-electron chi connectivity index (χ3n) is 4.51. The molecule has 2 heterocycles. The Kier molecular flexibility index (Phi) is 6.04. The Morgan fingerprint density at radius 2 is 2.12 bits per heavy atom. The van der Waals surface area contributed by atoms with Gasteiger partial charge in [-0.1, -0.05) is 29.5 Å². The fourth-order valence-electron chi connectivity index (χ4n) is 3.07. The molecule has 1 atom stereocenters. The zero-order chi connectivity index (χ0) is 17.6. The lowest BCUT2D eigenvalue weighted by molar-refractivity contribution is -0.130. The third-order valence-corrected chi connectivity index (χ3v) is 5.44. The molecule has 0 spiro atoms. The van der Waals surface area contributed by atoms with Crippen LogP contribution in [-0.2, 0) is 4.79 Å². The van der Waals surface area contributed by atoms with Crippen LogP contribution in [0.1, 0.15) is 19.8 Å². The topological polar surface area (TPSA) is 45.7 Å². The minimum absolute atomic E-state index is 0.0856. The number of ether oxygens (including phenoxy) is 1. The van der Waals surface area contributed by atoms with Crippen LogP contribution in [0.4, 0.5) is 0 Å². The summed E-state index contributed by atoms with van der Waals surface area (Å²) in [5.41, 5.74) is 0.986. The van der Waals surface area contributed by atoms with Crippen molar-refractivity contribution >= 4 is 27.5 Å². The molecule has 1 aliphatic heterocycles. The van der Waals surface area contributed by atoms with E-state index in [1.807, 2.05) is 29.2 Å². The first-order chi connectivity index (χ1) is 12.2. The molecule has 0 aliphatic carbocycles. The predicted octanol–water partition coefficient (Wildman–Crippen LogP) is 3.17. The number of aromatic nitrogens is 1. The van der Waals surface area contributed by atoms with Crippen LogP contribution in [0.2, 0.25) is 0 Å². The Labute approximate surface area is 152 Å². The van der Waals surface area contributed by atoms with E-state index in [-0.39, 0.29) is 12.0 Å². The van der Waals surface area contributed by atoms with Crippen molar-refractivity contribution in [3.8, 4) is 5.19 Å². The predicted molar refractivity (Wildman–Crippen MR) is 102 cm³/mol. The molecule has 1 fully saturated rings. The molecular formula is C19H25N3O2S. The van der Waals surface area contributed by atoms with E-state index in [1.165, 1.54) is 0 Å². The summed E-state index contributed by atoms with van der Waals surface area (Å²) in [4.78, 5) is 20.3. The first-order valence-corrected chi connectivity index (χ1v) is 9.58. The molecular weight excluding hydrogens is 334 g/mol.